The number of nitrogens with zero attached hydrogens (tertiary/aromatic N) is 1. The van der Waals surface area contributed by atoms with Crippen molar-refractivity contribution in [2.75, 3.05) is 23.7 Å². The molecule has 0 saturated carbocycles. The largest absolute Gasteiger partial charge is 0.491 e. The Bertz CT molecular complexity index is 895. The number of ether oxygens (including phenoxy) is 1. The predicted molar refractivity (Wildman–Crippen MR) is 96.2 cm³/mol. The second-order valence-electron chi connectivity index (χ2n) is 6.03. The second kappa shape index (κ2) is 6.76. The molecular formula is C18H20N2O4S. The number of carbonyl (C=O) groups is 1. The third-order valence-corrected chi connectivity index (χ3v) is 5.23. The number of para-hydroxylation sites is 2. The summed E-state index contributed by atoms with van der Waals surface area (Å²) in [4.78, 5) is 12.5. The molecule has 2 aromatic rings. The summed E-state index contributed by atoms with van der Waals surface area (Å²) < 4.78 is 31.0. The van der Waals surface area contributed by atoms with Gasteiger partial charge in [0, 0.05) is 5.56 Å². The molecule has 132 valence electrons. The molecule has 1 aliphatic rings. The van der Waals surface area contributed by atoms with Gasteiger partial charge >= 0.3 is 0 Å². The van der Waals surface area contributed by atoms with Crippen LogP contribution in [-0.4, -0.2) is 33.7 Å². The fourth-order valence-corrected chi connectivity index (χ4v) is 3.79. The maximum absolute atomic E-state index is 12.5. The second-order valence-corrected chi connectivity index (χ2v) is 7.93. The number of anilines is 1. The van der Waals surface area contributed by atoms with E-state index in [0.717, 1.165) is 27.4 Å². The minimum Gasteiger partial charge on any atom is -0.491 e. The number of carbonyl (C=O) groups excluding carboxylic acids is 1. The van der Waals surface area contributed by atoms with Crippen LogP contribution in [0.2, 0.25) is 0 Å². The first-order valence-corrected chi connectivity index (χ1v) is 9.75. The molecule has 6 nitrogen and oxygen atoms in total. The van der Waals surface area contributed by atoms with Gasteiger partial charge in [-0.3, -0.25) is 9.10 Å². The molecule has 1 heterocycles. The number of hydrogen-bond acceptors (Lipinski definition) is 4. The Balaban J connectivity index is 1.77. The molecule has 0 radical (unpaired) electrons. The van der Waals surface area contributed by atoms with Crippen molar-refractivity contribution in [1.29, 1.82) is 0 Å². The van der Waals surface area contributed by atoms with Crippen molar-refractivity contribution in [2.45, 2.75) is 13.0 Å². The molecule has 0 aromatic heterocycles. The van der Waals surface area contributed by atoms with Gasteiger partial charge in [-0.25, -0.2) is 8.42 Å². The molecule has 7 heteroatoms. The molecule has 0 unspecified atom stereocenters. The number of fused-ring (bicyclic) bond motifs is 1. The lowest BCUT2D eigenvalue weighted by atomic mass is 10.1. The fourth-order valence-electron chi connectivity index (χ4n) is 2.88. The van der Waals surface area contributed by atoms with Crippen LogP contribution in [0.4, 0.5) is 5.69 Å². The number of amides is 1. The van der Waals surface area contributed by atoms with Crippen LogP contribution in [0.1, 0.15) is 17.2 Å². The molecule has 2 aromatic carbocycles. The van der Waals surface area contributed by atoms with Crippen molar-refractivity contribution < 1.29 is 17.9 Å². The third-order valence-electron chi connectivity index (χ3n) is 4.11. The lowest BCUT2D eigenvalue weighted by molar-refractivity contribution is -0.120. The van der Waals surface area contributed by atoms with E-state index in [1.807, 2.05) is 43.3 Å². The molecule has 1 atom stereocenters. The molecule has 3 rings (SSSR count). The zero-order chi connectivity index (χ0) is 18.0. The summed E-state index contributed by atoms with van der Waals surface area (Å²) >= 11 is 0. The summed E-state index contributed by atoms with van der Waals surface area (Å²) in [6, 6.07) is 14.3. The van der Waals surface area contributed by atoms with Gasteiger partial charge in [0.2, 0.25) is 15.9 Å². The van der Waals surface area contributed by atoms with Crippen LogP contribution in [-0.2, 0) is 14.8 Å². The van der Waals surface area contributed by atoms with Crippen LogP contribution in [0.3, 0.4) is 0 Å². The minimum atomic E-state index is -3.59. The van der Waals surface area contributed by atoms with E-state index >= 15 is 0 Å². The van der Waals surface area contributed by atoms with Gasteiger partial charge in [-0.2, -0.15) is 0 Å². The third kappa shape index (κ3) is 3.76. The summed E-state index contributed by atoms with van der Waals surface area (Å²) in [6.07, 6.45) is 1.10. The Labute approximate surface area is 147 Å². The summed E-state index contributed by atoms with van der Waals surface area (Å²) in [7, 11) is -3.59. The lowest BCUT2D eigenvalue weighted by Crippen LogP contribution is -2.42. The quantitative estimate of drug-likeness (QED) is 0.885. The van der Waals surface area contributed by atoms with E-state index in [-0.39, 0.29) is 18.5 Å². The number of nitrogens with one attached hydrogen (secondary N) is 1. The number of rotatable bonds is 5. The highest BCUT2D eigenvalue weighted by molar-refractivity contribution is 7.92. The van der Waals surface area contributed by atoms with Crippen molar-refractivity contribution in [3.05, 3.63) is 59.7 Å². The Morgan fingerprint density at radius 3 is 2.60 bits per heavy atom. The number of aryl methyl sites for hydroxylation is 1. The number of hydrogen-bond donors (Lipinski definition) is 1. The van der Waals surface area contributed by atoms with E-state index in [0.29, 0.717) is 12.3 Å². The highest BCUT2D eigenvalue weighted by Gasteiger charge is 2.27. The van der Waals surface area contributed by atoms with E-state index in [1.165, 1.54) is 0 Å². The first-order valence-electron chi connectivity index (χ1n) is 7.90. The molecule has 0 aliphatic carbocycles. The first kappa shape index (κ1) is 17.3. The predicted octanol–water partition coefficient (Wildman–Crippen LogP) is 2.01. The van der Waals surface area contributed by atoms with E-state index in [9.17, 15) is 13.2 Å². The van der Waals surface area contributed by atoms with Crippen molar-refractivity contribution in [3.8, 4) is 5.75 Å². The Kier molecular flexibility index (Phi) is 4.67. The van der Waals surface area contributed by atoms with Crippen molar-refractivity contribution in [3.63, 3.8) is 0 Å². The van der Waals surface area contributed by atoms with E-state index < -0.39 is 10.0 Å². The summed E-state index contributed by atoms with van der Waals surface area (Å²) in [5, 5.41) is 2.86. The average Bonchev–Trinajstić information content (AvgIpc) is 2.96. The highest BCUT2D eigenvalue weighted by atomic mass is 32.2. The van der Waals surface area contributed by atoms with Crippen LogP contribution in [0, 0.1) is 6.92 Å². The van der Waals surface area contributed by atoms with E-state index in [4.69, 9.17) is 4.74 Å². The maximum Gasteiger partial charge on any atom is 0.241 e. The smallest absolute Gasteiger partial charge is 0.241 e. The Hall–Kier alpha value is -2.54. The summed E-state index contributed by atoms with van der Waals surface area (Å²) in [6.45, 7) is 1.88. The van der Waals surface area contributed by atoms with Gasteiger partial charge in [0.05, 0.1) is 18.0 Å². The van der Waals surface area contributed by atoms with Gasteiger partial charge in [0.15, 0.2) is 0 Å². The van der Waals surface area contributed by atoms with Crippen LogP contribution >= 0.6 is 0 Å². The number of benzene rings is 2. The average molecular weight is 360 g/mol. The molecular weight excluding hydrogens is 340 g/mol. The number of sulfonamides is 1. The lowest BCUT2D eigenvalue weighted by Gasteiger charge is -2.24. The molecule has 25 heavy (non-hydrogen) atoms. The zero-order valence-electron chi connectivity index (χ0n) is 14.1. The molecule has 0 bridgehead atoms. The molecule has 1 amide bonds. The normalized spacial score (nSPS) is 16.0. The first-order chi connectivity index (χ1) is 11.9. The Morgan fingerprint density at radius 1 is 1.20 bits per heavy atom. The van der Waals surface area contributed by atoms with Crippen LogP contribution in [0.5, 0.6) is 5.75 Å². The summed E-state index contributed by atoms with van der Waals surface area (Å²) in [5.41, 5.74) is 2.19. The van der Waals surface area contributed by atoms with Crippen LogP contribution in [0.15, 0.2) is 48.5 Å². The minimum absolute atomic E-state index is 0.275. The topological polar surface area (TPSA) is 75.7 Å². The SMILES string of the molecule is Cc1ccccc1N(CC(=O)N[C@@H]1COc2ccccc21)S(C)(=O)=O. The molecule has 0 fully saturated rings. The molecule has 0 spiro atoms. The van der Waals surface area contributed by atoms with Crippen LogP contribution in [0.25, 0.3) is 0 Å². The molecule has 1 aliphatic heterocycles. The van der Waals surface area contributed by atoms with Crippen molar-refractivity contribution >= 4 is 21.6 Å². The van der Waals surface area contributed by atoms with Gasteiger partial charge < -0.3 is 10.1 Å². The van der Waals surface area contributed by atoms with E-state index in [1.54, 1.807) is 12.1 Å². The standard InChI is InChI=1S/C18H20N2O4S/c1-13-7-3-5-9-16(13)20(25(2,22)23)11-18(21)19-15-12-24-17-10-6-4-8-14(15)17/h3-10,15H,11-12H2,1-2H3,(H,19,21)/t15-/m1/s1. The van der Waals surface area contributed by atoms with Gasteiger partial charge in [-0.1, -0.05) is 36.4 Å². The fraction of sp³-hybridized carbons (Fsp3) is 0.278. The maximum atomic E-state index is 12.5. The van der Waals surface area contributed by atoms with E-state index in [2.05, 4.69) is 5.32 Å². The van der Waals surface area contributed by atoms with Crippen molar-refractivity contribution in [2.24, 2.45) is 0 Å². The highest BCUT2D eigenvalue weighted by Crippen LogP contribution is 2.31. The van der Waals surface area contributed by atoms with Gasteiger partial charge in [0.25, 0.3) is 0 Å². The molecule has 0 saturated heterocycles. The Morgan fingerprint density at radius 2 is 1.88 bits per heavy atom. The van der Waals surface area contributed by atoms with Gasteiger partial charge in [0.1, 0.15) is 18.9 Å². The summed E-state index contributed by atoms with van der Waals surface area (Å²) in [5.74, 6) is 0.366. The molecule has 1 N–H and O–H groups in total. The van der Waals surface area contributed by atoms with Gasteiger partial charge in [-0.15, -0.1) is 0 Å². The van der Waals surface area contributed by atoms with Crippen molar-refractivity contribution in [1.82, 2.24) is 5.32 Å². The van der Waals surface area contributed by atoms with Gasteiger partial charge in [-0.05, 0) is 24.6 Å². The zero-order valence-corrected chi connectivity index (χ0v) is 14.9. The van der Waals surface area contributed by atoms with Crippen LogP contribution < -0.4 is 14.4 Å². The monoisotopic (exact) mass is 360 g/mol.